The Bertz CT molecular complexity index is 744. The molecule has 0 aliphatic heterocycles. The summed E-state index contributed by atoms with van der Waals surface area (Å²) in [6.07, 6.45) is 3.81. The van der Waals surface area contributed by atoms with Crippen LogP contribution in [0.4, 0.5) is 0 Å². The largest absolute Gasteiger partial charge is 0.279 e. The molecule has 0 bridgehead atoms. The number of hydrogen-bond donors (Lipinski definition) is 1. The van der Waals surface area contributed by atoms with Gasteiger partial charge in [-0.2, -0.15) is 0 Å². The highest BCUT2D eigenvalue weighted by atomic mass is 35.5. The summed E-state index contributed by atoms with van der Waals surface area (Å²) >= 11 is 7.33. The summed E-state index contributed by atoms with van der Waals surface area (Å²) in [4.78, 5) is 4.65. The van der Waals surface area contributed by atoms with Gasteiger partial charge in [0.15, 0.2) is 15.1 Å². The van der Waals surface area contributed by atoms with Crippen molar-refractivity contribution in [2.45, 2.75) is 31.7 Å². The second-order valence-electron chi connectivity index (χ2n) is 5.60. The first-order chi connectivity index (χ1) is 9.36. The van der Waals surface area contributed by atoms with Crippen LogP contribution < -0.4 is 4.72 Å². The lowest BCUT2D eigenvalue weighted by molar-refractivity contribution is 0.357. The number of imidazole rings is 1. The highest BCUT2D eigenvalue weighted by Gasteiger charge is 2.46. The minimum Gasteiger partial charge on any atom is -0.279 e. The van der Waals surface area contributed by atoms with Crippen molar-refractivity contribution in [2.24, 2.45) is 11.3 Å². The predicted octanol–water partition coefficient (Wildman–Crippen LogP) is 2.76. The molecule has 1 saturated carbocycles. The molecule has 0 atom stereocenters. The predicted molar refractivity (Wildman–Crippen MR) is 79.8 cm³/mol. The van der Waals surface area contributed by atoms with Gasteiger partial charge < -0.3 is 0 Å². The summed E-state index contributed by atoms with van der Waals surface area (Å²) in [5, 5.41) is 1.85. The van der Waals surface area contributed by atoms with Crippen molar-refractivity contribution in [1.29, 1.82) is 0 Å². The van der Waals surface area contributed by atoms with Crippen LogP contribution in [0.1, 0.15) is 26.7 Å². The Morgan fingerprint density at radius 1 is 1.55 bits per heavy atom. The summed E-state index contributed by atoms with van der Waals surface area (Å²) in [6, 6.07) is 0. The van der Waals surface area contributed by atoms with Crippen LogP contribution in [-0.2, 0) is 10.0 Å². The molecule has 0 aromatic carbocycles. The van der Waals surface area contributed by atoms with E-state index in [9.17, 15) is 8.42 Å². The lowest BCUT2D eigenvalue weighted by atomic mass is 9.93. The molecule has 8 heteroatoms. The molecule has 0 radical (unpaired) electrons. The average Bonchev–Trinajstić information content (AvgIpc) is 2.93. The normalized spacial score (nSPS) is 18.0. The molecule has 2 heterocycles. The van der Waals surface area contributed by atoms with Crippen LogP contribution in [0.2, 0.25) is 5.15 Å². The molecule has 0 saturated heterocycles. The fourth-order valence-electron chi connectivity index (χ4n) is 2.40. The van der Waals surface area contributed by atoms with E-state index in [1.54, 1.807) is 11.6 Å². The smallest absolute Gasteiger partial charge is 0.259 e. The van der Waals surface area contributed by atoms with Gasteiger partial charge in [0.25, 0.3) is 10.0 Å². The van der Waals surface area contributed by atoms with E-state index in [1.165, 1.54) is 15.7 Å². The standard InChI is InChI=1S/C12H16ClN3O2S2/c1-8(2)12(3-4-12)7-14-20(17,18)10-9(13)15-11-16(10)5-6-19-11/h5-6,8,14H,3-4,7H2,1-2H3. The van der Waals surface area contributed by atoms with Crippen molar-refractivity contribution in [1.82, 2.24) is 14.1 Å². The van der Waals surface area contributed by atoms with Gasteiger partial charge in [0.1, 0.15) is 0 Å². The van der Waals surface area contributed by atoms with Gasteiger partial charge in [-0.25, -0.2) is 18.1 Å². The van der Waals surface area contributed by atoms with Gasteiger partial charge in [0, 0.05) is 18.1 Å². The number of nitrogens with one attached hydrogen (secondary N) is 1. The molecule has 1 N–H and O–H groups in total. The van der Waals surface area contributed by atoms with E-state index in [2.05, 4.69) is 23.6 Å². The molecule has 0 unspecified atom stereocenters. The molecule has 1 aliphatic carbocycles. The number of aromatic nitrogens is 2. The zero-order valence-corrected chi connectivity index (χ0v) is 13.6. The van der Waals surface area contributed by atoms with Crippen LogP contribution in [0, 0.1) is 11.3 Å². The maximum atomic E-state index is 12.5. The molecule has 5 nitrogen and oxygen atoms in total. The van der Waals surface area contributed by atoms with E-state index in [0.717, 1.165) is 12.8 Å². The van der Waals surface area contributed by atoms with Crippen molar-refractivity contribution in [3.63, 3.8) is 0 Å². The Hall–Kier alpha value is -0.630. The number of hydrogen-bond acceptors (Lipinski definition) is 4. The second-order valence-corrected chi connectivity index (χ2v) is 8.52. The lowest BCUT2D eigenvalue weighted by Gasteiger charge is -2.19. The number of fused-ring (bicyclic) bond motifs is 1. The van der Waals surface area contributed by atoms with Crippen LogP contribution in [0.25, 0.3) is 4.96 Å². The lowest BCUT2D eigenvalue weighted by Crippen LogP contribution is -2.33. The minimum absolute atomic E-state index is 0.0266. The van der Waals surface area contributed by atoms with Gasteiger partial charge in [0.2, 0.25) is 0 Å². The first-order valence-corrected chi connectivity index (χ1v) is 9.20. The van der Waals surface area contributed by atoms with Gasteiger partial charge in [-0.15, -0.1) is 11.3 Å². The maximum absolute atomic E-state index is 12.5. The summed E-state index contributed by atoms with van der Waals surface area (Å²) in [7, 11) is -3.65. The topological polar surface area (TPSA) is 63.5 Å². The third kappa shape index (κ3) is 2.26. The highest BCUT2D eigenvalue weighted by molar-refractivity contribution is 7.89. The van der Waals surface area contributed by atoms with Crippen LogP contribution in [0.5, 0.6) is 0 Å². The van der Waals surface area contributed by atoms with Crippen molar-refractivity contribution in [3.8, 4) is 0 Å². The summed E-state index contributed by atoms with van der Waals surface area (Å²) in [6.45, 7) is 4.72. The molecule has 2 aromatic rings. The molecular weight excluding hydrogens is 318 g/mol. The van der Waals surface area contributed by atoms with Crippen LogP contribution in [0.3, 0.4) is 0 Å². The van der Waals surface area contributed by atoms with E-state index < -0.39 is 10.0 Å². The van der Waals surface area contributed by atoms with Crippen molar-refractivity contribution >= 4 is 37.9 Å². The Balaban J connectivity index is 1.89. The average molecular weight is 334 g/mol. The van der Waals surface area contributed by atoms with E-state index >= 15 is 0 Å². The zero-order valence-electron chi connectivity index (χ0n) is 11.3. The third-order valence-corrected chi connectivity index (χ3v) is 6.72. The van der Waals surface area contributed by atoms with Crippen LogP contribution in [0.15, 0.2) is 16.6 Å². The fourth-order valence-corrected chi connectivity index (χ4v) is 4.99. The Kier molecular flexibility index (Phi) is 3.36. The van der Waals surface area contributed by atoms with Gasteiger partial charge in [0.05, 0.1) is 0 Å². The number of halogens is 1. The Morgan fingerprint density at radius 3 is 2.85 bits per heavy atom. The first kappa shape index (κ1) is 14.3. The van der Waals surface area contributed by atoms with Crippen molar-refractivity contribution in [3.05, 3.63) is 16.7 Å². The Morgan fingerprint density at radius 2 is 2.25 bits per heavy atom. The van der Waals surface area contributed by atoms with Gasteiger partial charge >= 0.3 is 0 Å². The SMILES string of the molecule is CC(C)C1(CNS(=O)(=O)c2c(Cl)nc3sccn23)CC1. The van der Waals surface area contributed by atoms with E-state index in [0.29, 0.717) is 17.4 Å². The summed E-state index contributed by atoms with van der Waals surface area (Å²) < 4.78 is 29.2. The van der Waals surface area contributed by atoms with Gasteiger partial charge in [-0.3, -0.25) is 4.40 Å². The van der Waals surface area contributed by atoms with E-state index in [1.807, 2.05) is 0 Å². The second kappa shape index (κ2) is 4.69. The quantitative estimate of drug-likeness (QED) is 0.915. The highest BCUT2D eigenvalue weighted by Crippen LogP contribution is 2.51. The van der Waals surface area contributed by atoms with Crippen molar-refractivity contribution < 1.29 is 8.42 Å². The van der Waals surface area contributed by atoms with E-state index in [4.69, 9.17) is 11.6 Å². The van der Waals surface area contributed by atoms with E-state index in [-0.39, 0.29) is 15.6 Å². The van der Waals surface area contributed by atoms with Crippen LogP contribution >= 0.6 is 22.9 Å². The van der Waals surface area contributed by atoms with Gasteiger partial charge in [-0.1, -0.05) is 25.4 Å². The zero-order chi connectivity index (χ0) is 14.5. The number of thiazole rings is 1. The fraction of sp³-hybridized carbons (Fsp3) is 0.583. The number of sulfonamides is 1. The first-order valence-electron chi connectivity index (χ1n) is 6.46. The molecule has 0 spiro atoms. The van der Waals surface area contributed by atoms with Gasteiger partial charge in [-0.05, 0) is 24.2 Å². The molecular formula is C12H16ClN3O2S2. The molecule has 1 aliphatic rings. The monoisotopic (exact) mass is 333 g/mol. The molecule has 1 fully saturated rings. The molecule has 0 amide bonds. The maximum Gasteiger partial charge on any atom is 0.259 e. The minimum atomic E-state index is -3.65. The molecule has 20 heavy (non-hydrogen) atoms. The van der Waals surface area contributed by atoms with Crippen molar-refractivity contribution in [2.75, 3.05) is 6.54 Å². The molecule has 2 aromatic heterocycles. The summed E-state index contributed by atoms with van der Waals surface area (Å²) in [5.74, 6) is 0.465. The molecule has 110 valence electrons. The summed E-state index contributed by atoms with van der Waals surface area (Å²) in [5.41, 5.74) is 0.109. The molecule has 3 rings (SSSR count). The third-order valence-electron chi connectivity index (χ3n) is 4.16. The van der Waals surface area contributed by atoms with Crippen LogP contribution in [-0.4, -0.2) is 24.3 Å². The number of rotatable bonds is 5. The Labute approximate surface area is 127 Å². The number of nitrogens with zero attached hydrogens (tertiary/aromatic N) is 2.